The number of hydrogen-bond donors (Lipinski definition) is 2. The number of carbonyl (C=O) groups is 4. The van der Waals surface area contributed by atoms with Crippen LogP contribution in [0.25, 0.3) is 0 Å². The van der Waals surface area contributed by atoms with Crippen LogP contribution >= 0.6 is 0 Å². The number of likely N-dealkylation sites (N-methyl/N-ethyl adjacent to an activating group) is 2. The number of pyridine rings is 1. The van der Waals surface area contributed by atoms with Crippen molar-refractivity contribution in [3.8, 4) is 0 Å². The third kappa shape index (κ3) is 9.39. The van der Waals surface area contributed by atoms with Gasteiger partial charge in [0.25, 0.3) is 5.67 Å². The van der Waals surface area contributed by atoms with Crippen LogP contribution in [0, 0.1) is 17.8 Å². The molecular weight excluding hydrogens is 715 g/mol. The van der Waals surface area contributed by atoms with Gasteiger partial charge in [-0.15, -0.1) is 0 Å². The first-order valence-corrected chi connectivity index (χ1v) is 19.6. The summed E-state index contributed by atoms with van der Waals surface area (Å²) in [6, 6.07) is 4.29. The number of rotatable bonds is 11. The molecule has 1 aromatic rings. The minimum atomic E-state index is -3.17. The molecule has 3 aliphatic rings. The quantitative estimate of drug-likeness (QED) is 0.246. The number of aromatic nitrogens is 1. The highest BCUT2D eigenvalue weighted by atomic mass is 19.1. The maximum Gasteiger partial charge on any atom is 0.410 e. The highest BCUT2D eigenvalue weighted by Crippen LogP contribution is 2.43. The van der Waals surface area contributed by atoms with Gasteiger partial charge in [-0.3, -0.25) is 24.4 Å². The number of nitrogens with one attached hydrogen (secondary N) is 1. The molecule has 0 spiro atoms. The molecule has 1 amide bonds. The van der Waals surface area contributed by atoms with Crippen LogP contribution in [-0.4, -0.2) is 137 Å². The summed E-state index contributed by atoms with van der Waals surface area (Å²) in [5, 5.41) is 14.6. The molecule has 13 atom stereocenters. The van der Waals surface area contributed by atoms with Crippen molar-refractivity contribution < 1.29 is 52.4 Å². The van der Waals surface area contributed by atoms with Gasteiger partial charge in [0.15, 0.2) is 17.7 Å². The number of ketones is 2. The number of esters is 1. The first-order valence-electron chi connectivity index (χ1n) is 19.6. The molecule has 0 saturated carbocycles. The lowest BCUT2D eigenvalue weighted by Crippen LogP contribution is -2.62. The van der Waals surface area contributed by atoms with Crippen LogP contribution in [0.5, 0.6) is 0 Å². The molecule has 0 bridgehead atoms. The average Bonchev–Trinajstić information content (AvgIpc) is 3.41. The first kappa shape index (κ1) is 44.6. The van der Waals surface area contributed by atoms with Gasteiger partial charge in [0.05, 0.1) is 29.5 Å². The van der Waals surface area contributed by atoms with E-state index >= 15 is 4.39 Å². The Labute approximate surface area is 325 Å². The number of Topliss-reactive ketones (excluding diaryl/α,β-unsaturated/α-hetero) is 2. The molecule has 0 radical (unpaired) electrons. The number of methoxy groups -OCH3 is 1. The Bertz CT molecular complexity index is 1500. The van der Waals surface area contributed by atoms with E-state index in [1.54, 1.807) is 40.8 Å². The number of hydrogen-bond acceptors (Lipinski definition) is 13. The molecule has 55 heavy (non-hydrogen) atoms. The van der Waals surface area contributed by atoms with Crippen LogP contribution in [0.3, 0.4) is 0 Å². The van der Waals surface area contributed by atoms with E-state index in [9.17, 15) is 24.3 Å². The fourth-order valence-corrected chi connectivity index (χ4v) is 8.81. The van der Waals surface area contributed by atoms with Gasteiger partial charge in [0.1, 0.15) is 18.0 Å². The monoisotopic (exact) mass is 778 g/mol. The highest BCUT2D eigenvalue weighted by Gasteiger charge is 2.61. The van der Waals surface area contributed by atoms with E-state index in [4.69, 9.17) is 23.7 Å². The van der Waals surface area contributed by atoms with Gasteiger partial charge in [-0.1, -0.05) is 40.7 Å². The van der Waals surface area contributed by atoms with Gasteiger partial charge >= 0.3 is 12.1 Å². The molecular formula is C40H63FN4O10. The van der Waals surface area contributed by atoms with Gasteiger partial charge in [-0.2, -0.15) is 0 Å². The second kappa shape index (κ2) is 18.0. The third-order valence-corrected chi connectivity index (χ3v) is 11.9. The first-order chi connectivity index (χ1) is 25.7. The molecule has 3 aliphatic heterocycles. The minimum Gasteiger partial charge on any atom is -0.455 e. The maximum absolute atomic E-state index is 16.8. The predicted molar refractivity (Wildman–Crippen MR) is 200 cm³/mol. The zero-order chi connectivity index (χ0) is 41.0. The number of amides is 1. The fraction of sp³-hybridized carbons (Fsp3) is 0.775. The van der Waals surface area contributed by atoms with E-state index in [0.717, 1.165) is 12.6 Å². The summed E-state index contributed by atoms with van der Waals surface area (Å²) in [6.45, 7) is 16.0. The molecule has 15 heteroatoms. The van der Waals surface area contributed by atoms with Crippen molar-refractivity contribution in [2.45, 2.75) is 148 Å². The van der Waals surface area contributed by atoms with Gasteiger partial charge < -0.3 is 34.1 Å². The third-order valence-electron chi connectivity index (χ3n) is 11.9. The Kier molecular flexibility index (Phi) is 14.6. The number of halogens is 1. The number of aliphatic hydroxyl groups is 1. The molecule has 2 N–H and O–H groups in total. The van der Waals surface area contributed by atoms with Crippen LogP contribution in [0.2, 0.25) is 0 Å². The zero-order valence-electron chi connectivity index (χ0n) is 34.4. The largest absolute Gasteiger partial charge is 0.455 e. The maximum atomic E-state index is 16.8. The van der Waals surface area contributed by atoms with E-state index in [0.29, 0.717) is 26.1 Å². The molecule has 3 fully saturated rings. The Morgan fingerprint density at radius 2 is 1.78 bits per heavy atom. The van der Waals surface area contributed by atoms with Crippen molar-refractivity contribution in [2.75, 3.05) is 33.8 Å². The van der Waals surface area contributed by atoms with Crippen molar-refractivity contribution in [2.24, 2.45) is 17.8 Å². The topological polar surface area (TPSA) is 166 Å². The van der Waals surface area contributed by atoms with Gasteiger partial charge in [0, 0.05) is 56.7 Å². The fourth-order valence-electron chi connectivity index (χ4n) is 8.81. The second-order valence-corrected chi connectivity index (χ2v) is 16.3. The SMILES string of the molecule is CCN[C@H]1C[C@@H](C)O[C@@H](O[C@@H]2[C@@H](C)C(=O)[C@](C)(F)C(=O)O[C@H](CC)[C@@]3(C)OC(=O)N(CCN(C)Cc4ccccn4)C3[C@@H](C)C(=O)[C@H](C)C[C@@]2(C)OC)[C@H]1O. The molecule has 0 aliphatic carbocycles. The van der Waals surface area contributed by atoms with Crippen molar-refractivity contribution >= 4 is 23.6 Å². The van der Waals surface area contributed by atoms with Crippen LogP contribution in [0.1, 0.15) is 87.3 Å². The van der Waals surface area contributed by atoms with E-state index in [2.05, 4.69) is 10.3 Å². The van der Waals surface area contributed by atoms with E-state index in [1.165, 1.54) is 18.9 Å². The van der Waals surface area contributed by atoms with Crippen molar-refractivity contribution in [1.29, 1.82) is 0 Å². The Hall–Kier alpha value is -3.08. The van der Waals surface area contributed by atoms with E-state index in [-0.39, 0.29) is 31.3 Å². The number of cyclic esters (lactones) is 1. The van der Waals surface area contributed by atoms with Crippen LogP contribution in [0.4, 0.5) is 9.18 Å². The number of ether oxygens (including phenoxy) is 5. The smallest absolute Gasteiger partial charge is 0.410 e. The van der Waals surface area contributed by atoms with Crippen LogP contribution in [-0.2, 0) is 44.6 Å². The van der Waals surface area contributed by atoms with Gasteiger partial charge in [-0.05, 0) is 72.7 Å². The average molecular weight is 779 g/mol. The summed E-state index contributed by atoms with van der Waals surface area (Å²) in [7, 11) is 3.29. The lowest BCUT2D eigenvalue weighted by Gasteiger charge is -2.46. The summed E-state index contributed by atoms with van der Waals surface area (Å²) in [5.41, 5.74) is -5.37. The second-order valence-electron chi connectivity index (χ2n) is 16.3. The van der Waals surface area contributed by atoms with Crippen LogP contribution < -0.4 is 5.32 Å². The van der Waals surface area contributed by atoms with E-state index in [1.807, 2.05) is 44.0 Å². The van der Waals surface area contributed by atoms with Crippen LogP contribution in [0.15, 0.2) is 24.4 Å². The minimum absolute atomic E-state index is 0.000326. The molecule has 0 aromatic carbocycles. The standard InChI is InChI=1S/C40H63FN4O10/c1-12-29-40(9)32(45(37(50)55-40)19-18-44(10)22-27-16-14-15-17-43-27)25(5)30(46)23(3)21-38(7,51-11)34(26(6)33(48)39(8,41)36(49)53-29)54-35-31(47)28(42-13-2)20-24(4)52-35/h14-17,23-26,28-29,31-32,34-35,42,47H,12-13,18-22H2,1-11H3/t23-,24-,25+,26+,28+,29-,31+,32?,34-,35+,38-,39+,40-/m1/s1. The predicted octanol–water partition coefficient (Wildman–Crippen LogP) is 3.86. The lowest BCUT2D eigenvalue weighted by molar-refractivity contribution is -0.290. The molecule has 310 valence electrons. The normalized spacial score (nSPS) is 39.4. The molecule has 1 aromatic heterocycles. The van der Waals surface area contributed by atoms with E-state index < -0.39 is 89.2 Å². The number of aliphatic hydroxyl groups excluding tert-OH is 1. The number of carbonyl (C=O) groups excluding carboxylic acids is 4. The summed E-state index contributed by atoms with van der Waals surface area (Å²) < 4.78 is 47.3. The van der Waals surface area contributed by atoms with Crippen molar-refractivity contribution in [3.63, 3.8) is 0 Å². The highest BCUT2D eigenvalue weighted by molar-refractivity contribution is 6.08. The molecule has 14 nitrogen and oxygen atoms in total. The lowest BCUT2D eigenvalue weighted by atomic mass is 9.73. The number of nitrogens with zero attached hydrogens (tertiary/aromatic N) is 3. The molecule has 3 saturated heterocycles. The van der Waals surface area contributed by atoms with Crippen molar-refractivity contribution in [3.05, 3.63) is 30.1 Å². The summed E-state index contributed by atoms with van der Waals surface area (Å²) in [4.78, 5) is 64.3. The Balaban J connectivity index is 1.76. The van der Waals surface area contributed by atoms with Crippen molar-refractivity contribution in [1.82, 2.24) is 20.1 Å². The molecule has 4 heterocycles. The zero-order valence-corrected chi connectivity index (χ0v) is 34.4. The van der Waals surface area contributed by atoms with Gasteiger partial charge in [-0.25, -0.2) is 14.0 Å². The summed E-state index contributed by atoms with van der Waals surface area (Å²) >= 11 is 0. The number of fused-ring (bicyclic) bond motifs is 1. The molecule has 4 rings (SSSR count). The summed E-state index contributed by atoms with van der Waals surface area (Å²) in [6.07, 6.45) is -3.69. The Morgan fingerprint density at radius 1 is 1.09 bits per heavy atom. The Morgan fingerprint density at radius 3 is 2.38 bits per heavy atom. The van der Waals surface area contributed by atoms with Gasteiger partial charge in [0.2, 0.25) is 0 Å². The summed E-state index contributed by atoms with van der Waals surface area (Å²) in [5.74, 6) is -5.79. The molecule has 1 unspecified atom stereocenters. The number of alkyl halides is 1.